The second-order valence-electron chi connectivity index (χ2n) is 29.9. The number of aliphatic hydroxyl groups excluding tert-OH is 2. The molecule has 6 heteroatoms. The van der Waals surface area contributed by atoms with Crippen molar-refractivity contribution in [3.8, 4) is 0 Å². The number of carbonyl (C=O) groups excluding carboxylic acids is 2. The van der Waals surface area contributed by atoms with Crippen LogP contribution in [0.3, 0.4) is 0 Å². The minimum atomic E-state index is -0.663. The number of amides is 1. The molecule has 94 heavy (non-hydrogen) atoms. The summed E-state index contributed by atoms with van der Waals surface area (Å²) in [5, 5.41) is 23.5. The molecule has 0 rings (SSSR count). The number of carbonyl (C=O) groups is 2. The summed E-state index contributed by atoms with van der Waals surface area (Å²) in [6.07, 6.45) is 110. The molecule has 0 radical (unpaired) electrons. The third kappa shape index (κ3) is 79.1. The van der Waals surface area contributed by atoms with Crippen LogP contribution in [0, 0.1) is 0 Å². The van der Waals surface area contributed by atoms with Crippen LogP contribution in [0.25, 0.3) is 0 Å². The van der Waals surface area contributed by atoms with Gasteiger partial charge in [0.05, 0.1) is 25.4 Å². The first-order valence-electron chi connectivity index (χ1n) is 43.2. The Morgan fingerprint density at radius 1 is 0.298 bits per heavy atom. The highest BCUT2D eigenvalue weighted by Gasteiger charge is 2.20. The number of ether oxygens (including phenoxy) is 1. The maximum atomic E-state index is 12.6. The molecule has 2 unspecified atom stereocenters. The highest BCUT2D eigenvalue weighted by Crippen LogP contribution is 2.21. The van der Waals surface area contributed by atoms with E-state index in [0.717, 1.165) is 51.4 Å². The highest BCUT2D eigenvalue weighted by molar-refractivity contribution is 5.76. The monoisotopic (exact) mass is 1320 g/mol. The van der Waals surface area contributed by atoms with Crippen LogP contribution >= 0.6 is 0 Å². The predicted octanol–water partition coefficient (Wildman–Crippen LogP) is 28.9. The summed E-state index contributed by atoms with van der Waals surface area (Å²) in [6, 6.07) is -0.539. The maximum absolute atomic E-state index is 12.6. The molecule has 556 valence electrons. The van der Waals surface area contributed by atoms with E-state index in [1.54, 1.807) is 0 Å². The molecule has 0 aliphatic carbocycles. The molecule has 0 aromatic carbocycles. The van der Waals surface area contributed by atoms with Crippen molar-refractivity contribution >= 4 is 11.9 Å². The van der Waals surface area contributed by atoms with Crippen molar-refractivity contribution in [3.63, 3.8) is 0 Å². The van der Waals surface area contributed by atoms with Gasteiger partial charge in [-0.2, -0.15) is 0 Å². The molecule has 3 N–H and O–H groups in total. The Morgan fingerprint density at radius 2 is 0.532 bits per heavy atom. The summed E-state index contributed by atoms with van der Waals surface area (Å²) in [7, 11) is 0. The summed E-state index contributed by atoms with van der Waals surface area (Å²) in [6.45, 7) is 4.99. The number of hydrogen-bond donors (Lipinski definition) is 3. The van der Waals surface area contributed by atoms with Gasteiger partial charge in [-0.3, -0.25) is 9.59 Å². The Hall–Kier alpha value is -1.92. The van der Waals surface area contributed by atoms with Gasteiger partial charge in [-0.05, 0) is 83.5 Å². The molecule has 0 saturated carbocycles. The van der Waals surface area contributed by atoms with E-state index in [9.17, 15) is 19.8 Å². The molecule has 1 amide bonds. The lowest BCUT2D eigenvalue weighted by Crippen LogP contribution is -2.45. The Kier molecular flexibility index (Phi) is 81.8. The zero-order chi connectivity index (χ0) is 67.7. The molecular weight excluding hydrogens is 1150 g/mol. The van der Waals surface area contributed by atoms with Gasteiger partial charge in [-0.25, -0.2) is 0 Å². The molecule has 0 fully saturated rings. The van der Waals surface area contributed by atoms with Gasteiger partial charge in [-0.1, -0.05) is 429 Å². The molecule has 0 aliphatic heterocycles. The normalized spacial score (nSPS) is 12.6. The van der Waals surface area contributed by atoms with Gasteiger partial charge in [0.25, 0.3) is 0 Å². The zero-order valence-electron chi connectivity index (χ0n) is 64.0. The molecule has 0 heterocycles. The van der Waals surface area contributed by atoms with Gasteiger partial charge in [0.15, 0.2) is 0 Å². The number of esters is 1. The minimum Gasteiger partial charge on any atom is -0.466 e. The van der Waals surface area contributed by atoms with E-state index in [-0.39, 0.29) is 18.5 Å². The number of rotatable bonds is 82. The van der Waals surface area contributed by atoms with Crippen molar-refractivity contribution in [2.24, 2.45) is 0 Å². The quantitative estimate of drug-likeness (QED) is 0.0320. The minimum absolute atomic E-state index is 0.00979. The molecular formula is C88H169NO5. The van der Waals surface area contributed by atoms with Crippen molar-refractivity contribution in [1.29, 1.82) is 0 Å². The van der Waals surface area contributed by atoms with Gasteiger partial charge >= 0.3 is 5.97 Å². The van der Waals surface area contributed by atoms with Gasteiger partial charge in [-0.15, -0.1) is 0 Å². The number of aliphatic hydroxyl groups is 2. The summed E-state index contributed by atoms with van der Waals surface area (Å²) in [4.78, 5) is 24.7. The largest absolute Gasteiger partial charge is 0.466 e. The van der Waals surface area contributed by atoms with Crippen molar-refractivity contribution in [2.75, 3.05) is 13.2 Å². The van der Waals surface area contributed by atoms with E-state index in [4.69, 9.17) is 4.74 Å². The van der Waals surface area contributed by atoms with E-state index < -0.39 is 12.1 Å². The van der Waals surface area contributed by atoms with Crippen LogP contribution in [0.15, 0.2) is 36.5 Å². The summed E-state index contributed by atoms with van der Waals surface area (Å²) < 4.78 is 5.50. The lowest BCUT2D eigenvalue weighted by atomic mass is 10.0. The molecule has 0 saturated heterocycles. The highest BCUT2D eigenvalue weighted by atomic mass is 16.5. The van der Waals surface area contributed by atoms with Crippen LogP contribution in [0.1, 0.15) is 489 Å². The van der Waals surface area contributed by atoms with Crippen LogP contribution in [-0.4, -0.2) is 47.4 Å². The lowest BCUT2D eigenvalue weighted by Gasteiger charge is -2.22. The van der Waals surface area contributed by atoms with Gasteiger partial charge < -0.3 is 20.3 Å². The summed E-state index contributed by atoms with van der Waals surface area (Å²) in [5.74, 6) is -0.0152. The first kappa shape index (κ1) is 92.1. The standard InChI is InChI=1S/C88H169NO5/c1-3-5-7-9-11-13-15-17-19-21-22-23-43-46-49-52-56-60-64-68-72-76-80-86(91)85(84-90)89-87(92)81-77-73-69-65-61-57-53-50-47-44-41-39-37-35-33-31-29-27-25-24-26-28-30-32-34-36-38-40-42-45-48-51-55-59-63-67-71-75-79-83-94-88(93)82-78-74-70-66-62-58-54-20-18-16-14-12-10-8-6-4-2/h14,16,20,24-25,54,85-86,90-91H,3-13,15,17-19,21-23,26-53,55-84H2,1-2H3,(H,89,92)/b16-14-,25-24-,54-20-. The second kappa shape index (κ2) is 83.5. The fourth-order valence-electron chi connectivity index (χ4n) is 13.8. The molecule has 2 atom stereocenters. The van der Waals surface area contributed by atoms with Crippen molar-refractivity contribution in [2.45, 2.75) is 501 Å². The van der Waals surface area contributed by atoms with Crippen LogP contribution < -0.4 is 5.32 Å². The summed E-state index contributed by atoms with van der Waals surface area (Å²) >= 11 is 0. The lowest BCUT2D eigenvalue weighted by molar-refractivity contribution is -0.143. The summed E-state index contributed by atoms with van der Waals surface area (Å²) in [5.41, 5.74) is 0. The smallest absolute Gasteiger partial charge is 0.305 e. The molecule has 0 aromatic heterocycles. The maximum Gasteiger partial charge on any atom is 0.305 e. The van der Waals surface area contributed by atoms with Crippen molar-refractivity contribution in [1.82, 2.24) is 5.32 Å². The van der Waals surface area contributed by atoms with E-state index in [1.807, 2.05) is 0 Å². The first-order chi connectivity index (χ1) is 46.5. The first-order valence-corrected chi connectivity index (χ1v) is 43.2. The van der Waals surface area contributed by atoms with E-state index in [1.165, 1.54) is 405 Å². The third-order valence-corrected chi connectivity index (χ3v) is 20.4. The number of hydrogen-bond acceptors (Lipinski definition) is 5. The average molecular weight is 1320 g/mol. The van der Waals surface area contributed by atoms with Crippen molar-refractivity contribution in [3.05, 3.63) is 36.5 Å². The Labute approximate surface area is 589 Å². The van der Waals surface area contributed by atoms with Crippen LogP contribution in [0.2, 0.25) is 0 Å². The molecule has 0 aliphatic rings. The number of nitrogens with one attached hydrogen (secondary N) is 1. The van der Waals surface area contributed by atoms with E-state index in [0.29, 0.717) is 25.9 Å². The second-order valence-corrected chi connectivity index (χ2v) is 29.9. The Balaban J connectivity index is 3.33. The molecule has 0 spiro atoms. The average Bonchev–Trinajstić information content (AvgIpc) is 3.68. The Bertz CT molecular complexity index is 1520. The molecule has 6 nitrogen and oxygen atoms in total. The predicted molar refractivity (Wildman–Crippen MR) is 416 cm³/mol. The van der Waals surface area contributed by atoms with Crippen LogP contribution in [-0.2, 0) is 14.3 Å². The fourth-order valence-corrected chi connectivity index (χ4v) is 13.8. The zero-order valence-corrected chi connectivity index (χ0v) is 64.0. The van der Waals surface area contributed by atoms with Gasteiger partial charge in [0.2, 0.25) is 5.91 Å². The third-order valence-electron chi connectivity index (χ3n) is 20.4. The fraction of sp³-hybridized carbons (Fsp3) is 0.909. The van der Waals surface area contributed by atoms with Gasteiger partial charge in [0.1, 0.15) is 0 Å². The van der Waals surface area contributed by atoms with Crippen LogP contribution in [0.4, 0.5) is 0 Å². The SMILES string of the molecule is CCCCCC/C=C\C/C=C\CCCCCCCC(=O)OCCCCCCCCCCCCCCCCCCCC/C=C\CCCCCCCCCCCCCCCCCCCC(=O)NC(CO)C(O)CCCCCCCCCCCCCCCCCCCCCCCC. The number of allylic oxidation sites excluding steroid dienone is 6. The van der Waals surface area contributed by atoms with E-state index in [2.05, 4.69) is 55.6 Å². The van der Waals surface area contributed by atoms with Crippen LogP contribution in [0.5, 0.6) is 0 Å². The number of unbranched alkanes of at least 4 members (excludes halogenated alkanes) is 65. The van der Waals surface area contributed by atoms with Gasteiger partial charge in [0, 0.05) is 12.8 Å². The molecule has 0 aromatic rings. The van der Waals surface area contributed by atoms with Crippen molar-refractivity contribution < 1.29 is 24.5 Å². The van der Waals surface area contributed by atoms with E-state index >= 15 is 0 Å². The Morgan fingerprint density at radius 3 is 0.830 bits per heavy atom. The topological polar surface area (TPSA) is 95.9 Å². The molecule has 0 bridgehead atoms.